The second kappa shape index (κ2) is 11.6. The van der Waals surface area contributed by atoms with Crippen molar-refractivity contribution in [2.75, 3.05) is 12.4 Å². The molecule has 2 rings (SSSR count). The second-order valence-electron chi connectivity index (χ2n) is 6.64. The molecule has 0 aliphatic rings. The van der Waals surface area contributed by atoms with E-state index in [1.807, 2.05) is 19.1 Å². The van der Waals surface area contributed by atoms with E-state index in [9.17, 15) is 14.7 Å². The standard InChI is InChI=1S/C22H26N2O6/c1-15-7-11-17(12-8-15)23-22(27)30-21(16-9-13-18(25)14-10-16)19(29-2)5-3-4-6-20(26)24-28/h4,6-14,19,21,25,28H,3,5H2,1-2H3,(H,23,27)(H,24,26)/b6-4+/t19-,21-/m1/s1. The minimum absolute atomic E-state index is 0.0912. The number of nitrogens with one attached hydrogen (secondary N) is 2. The Labute approximate surface area is 175 Å². The minimum Gasteiger partial charge on any atom is -0.508 e. The van der Waals surface area contributed by atoms with Crippen LogP contribution in [-0.2, 0) is 14.3 Å². The number of benzene rings is 2. The highest BCUT2D eigenvalue weighted by Gasteiger charge is 2.27. The molecule has 0 fully saturated rings. The first-order valence-electron chi connectivity index (χ1n) is 9.39. The molecular formula is C22H26N2O6. The molecule has 0 spiro atoms. The number of carbonyl (C=O) groups excluding carboxylic acids is 2. The van der Waals surface area contributed by atoms with Crippen LogP contribution >= 0.6 is 0 Å². The number of aryl methyl sites for hydroxylation is 1. The number of hydroxylamine groups is 1. The molecular weight excluding hydrogens is 388 g/mol. The molecule has 2 amide bonds. The fraction of sp³-hybridized carbons (Fsp3) is 0.273. The monoisotopic (exact) mass is 414 g/mol. The van der Waals surface area contributed by atoms with Gasteiger partial charge < -0.3 is 14.6 Å². The zero-order valence-electron chi connectivity index (χ0n) is 16.9. The number of phenols is 1. The van der Waals surface area contributed by atoms with Crippen molar-refractivity contribution in [2.45, 2.75) is 32.0 Å². The van der Waals surface area contributed by atoms with Crippen LogP contribution in [0.2, 0.25) is 0 Å². The number of aromatic hydroxyl groups is 1. The van der Waals surface area contributed by atoms with Gasteiger partial charge in [0.2, 0.25) is 0 Å². The fourth-order valence-corrected chi connectivity index (χ4v) is 2.80. The van der Waals surface area contributed by atoms with Gasteiger partial charge in [-0.2, -0.15) is 0 Å². The first-order valence-corrected chi connectivity index (χ1v) is 9.39. The Morgan fingerprint density at radius 1 is 1.10 bits per heavy atom. The molecule has 2 aromatic carbocycles. The summed E-state index contributed by atoms with van der Waals surface area (Å²) in [7, 11) is 1.50. The number of rotatable bonds is 9. The Hall–Kier alpha value is -3.36. The van der Waals surface area contributed by atoms with Crippen molar-refractivity contribution in [3.63, 3.8) is 0 Å². The van der Waals surface area contributed by atoms with Gasteiger partial charge in [-0.15, -0.1) is 0 Å². The summed E-state index contributed by atoms with van der Waals surface area (Å²) >= 11 is 0. The van der Waals surface area contributed by atoms with Crippen LogP contribution in [0.25, 0.3) is 0 Å². The summed E-state index contributed by atoms with van der Waals surface area (Å²) in [6.07, 6.45) is 1.76. The number of phenolic OH excluding ortho intramolecular Hbond substituents is 1. The number of hydrogen-bond donors (Lipinski definition) is 4. The molecule has 8 nitrogen and oxygen atoms in total. The van der Waals surface area contributed by atoms with Crippen LogP contribution in [-0.4, -0.2) is 35.5 Å². The van der Waals surface area contributed by atoms with E-state index in [0.29, 0.717) is 24.1 Å². The SMILES string of the molecule is CO[C@H](CC/C=C/C(=O)NO)[C@H](OC(=O)Nc1ccc(C)cc1)c1ccc(O)cc1. The molecule has 2 aromatic rings. The van der Waals surface area contributed by atoms with Crippen molar-refractivity contribution in [2.24, 2.45) is 0 Å². The van der Waals surface area contributed by atoms with Crippen LogP contribution < -0.4 is 10.8 Å². The van der Waals surface area contributed by atoms with Crippen LogP contribution in [0.15, 0.2) is 60.7 Å². The fourth-order valence-electron chi connectivity index (χ4n) is 2.80. The van der Waals surface area contributed by atoms with Crippen molar-refractivity contribution >= 4 is 17.7 Å². The number of methoxy groups -OCH3 is 1. The second-order valence-corrected chi connectivity index (χ2v) is 6.64. The Morgan fingerprint density at radius 3 is 2.37 bits per heavy atom. The number of hydrogen-bond acceptors (Lipinski definition) is 6. The molecule has 2 atom stereocenters. The van der Waals surface area contributed by atoms with E-state index >= 15 is 0 Å². The van der Waals surface area contributed by atoms with Gasteiger partial charge in [-0.05, 0) is 49.6 Å². The van der Waals surface area contributed by atoms with Gasteiger partial charge in [-0.1, -0.05) is 35.9 Å². The Balaban J connectivity index is 2.12. The van der Waals surface area contributed by atoms with E-state index < -0.39 is 24.2 Å². The highest BCUT2D eigenvalue weighted by atomic mass is 16.6. The summed E-state index contributed by atoms with van der Waals surface area (Å²) in [5.41, 5.74) is 3.83. The van der Waals surface area contributed by atoms with Gasteiger partial charge in [-0.3, -0.25) is 15.3 Å². The molecule has 0 aliphatic carbocycles. The summed E-state index contributed by atoms with van der Waals surface area (Å²) < 4.78 is 11.2. The quantitative estimate of drug-likeness (QED) is 0.281. The predicted molar refractivity (Wildman–Crippen MR) is 111 cm³/mol. The Morgan fingerprint density at radius 2 is 1.77 bits per heavy atom. The number of carbonyl (C=O) groups is 2. The van der Waals surface area contributed by atoms with Crippen LogP contribution in [0, 0.1) is 6.92 Å². The molecule has 160 valence electrons. The Kier molecular flexibility index (Phi) is 8.86. The van der Waals surface area contributed by atoms with Crippen molar-refractivity contribution in [1.29, 1.82) is 0 Å². The molecule has 0 heterocycles. The first-order chi connectivity index (χ1) is 14.4. The van der Waals surface area contributed by atoms with E-state index in [0.717, 1.165) is 5.56 Å². The lowest BCUT2D eigenvalue weighted by Crippen LogP contribution is -2.28. The molecule has 4 N–H and O–H groups in total. The molecule has 0 aromatic heterocycles. The molecule has 0 radical (unpaired) electrons. The molecule has 0 unspecified atom stereocenters. The zero-order chi connectivity index (χ0) is 21.9. The number of anilines is 1. The maximum Gasteiger partial charge on any atom is 0.412 e. The third kappa shape index (κ3) is 7.23. The van der Waals surface area contributed by atoms with Gasteiger partial charge in [0.05, 0.1) is 6.10 Å². The number of allylic oxidation sites excluding steroid dienone is 1. The third-order valence-electron chi connectivity index (χ3n) is 4.39. The number of ether oxygens (including phenoxy) is 2. The van der Waals surface area contributed by atoms with Crippen LogP contribution in [0.3, 0.4) is 0 Å². The molecule has 0 bridgehead atoms. The van der Waals surface area contributed by atoms with E-state index in [4.69, 9.17) is 14.7 Å². The van der Waals surface area contributed by atoms with Crippen molar-refractivity contribution < 1.29 is 29.4 Å². The van der Waals surface area contributed by atoms with Gasteiger partial charge in [0.1, 0.15) is 5.75 Å². The van der Waals surface area contributed by atoms with Crippen molar-refractivity contribution in [3.8, 4) is 5.75 Å². The summed E-state index contributed by atoms with van der Waals surface area (Å²) in [6, 6.07) is 13.6. The lowest BCUT2D eigenvalue weighted by molar-refractivity contribution is -0.124. The van der Waals surface area contributed by atoms with Crippen LogP contribution in [0.4, 0.5) is 10.5 Å². The normalized spacial score (nSPS) is 12.9. The molecule has 0 aliphatic heterocycles. The summed E-state index contributed by atoms with van der Waals surface area (Å²) in [4.78, 5) is 23.6. The molecule has 8 heteroatoms. The summed E-state index contributed by atoms with van der Waals surface area (Å²) in [5.74, 6) is -0.540. The maximum atomic E-state index is 12.5. The third-order valence-corrected chi connectivity index (χ3v) is 4.39. The molecule has 0 saturated carbocycles. The van der Waals surface area contributed by atoms with Gasteiger partial charge >= 0.3 is 6.09 Å². The van der Waals surface area contributed by atoms with Crippen LogP contribution in [0.1, 0.15) is 30.1 Å². The Bertz CT molecular complexity index is 849. The largest absolute Gasteiger partial charge is 0.508 e. The predicted octanol–water partition coefficient (Wildman–Crippen LogP) is 3.85. The van der Waals surface area contributed by atoms with Gasteiger partial charge in [0, 0.05) is 18.9 Å². The highest BCUT2D eigenvalue weighted by Crippen LogP contribution is 2.28. The van der Waals surface area contributed by atoms with Gasteiger partial charge in [-0.25, -0.2) is 10.3 Å². The smallest absolute Gasteiger partial charge is 0.412 e. The average Bonchev–Trinajstić information content (AvgIpc) is 2.74. The lowest BCUT2D eigenvalue weighted by atomic mass is 10.00. The maximum absolute atomic E-state index is 12.5. The lowest BCUT2D eigenvalue weighted by Gasteiger charge is -2.26. The van der Waals surface area contributed by atoms with Crippen molar-refractivity contribution in [1.82, 2.24) is 5.48 Å². The molecule has 30 heavy (non-hydrogen) atoms. The highest BCUT2D eigenvalue weighted by molar-refractivity contribution is 5.86. The summed E-state index contributed by atoms with van der Waals surface area (Å²) in [6.45, 7) is 1.95. The first kappa shape index (κ1) is 22.9. The molecule has 0 saturated heterocycles. The average molecular weight is 414 g/mol. The van der Waals surface area contributed by atoms with Gasteiger partial charge in [0.25, 0.3) is 5.91 Å². The van der Waals surface area contributed by atoms with Gasteiger partial charge in [0.15, 0.2) is 6.10 Å². The number of amides is 2. The van der Waals surface area contributed by atoms with E-state index in [-0.39, 0.29) is 5.75 Å². The van der Waals surface area contributed by atoms with E-state index in [1.54, 1.807) is 30.3 Å². The van der Waals surface area contributed by atoms with E-state index in [2.05, 4.69) is 5.32 Å². The zero-order valence-corrected chi connectivity index (χ0v) is 16.9. The minimum atomic E-state index is -0.749. The summed E-state index contributed by atoms with van der Waals surface area (Å²) in [5, 5.41) is 20.8. The topological polar surface area (TPSA) is 117 Å². The van der Waals surface area contributed by atoms with Crippen molar-refractivity contribution in [3.05, 3.63) is 71.8 Å². The van der Waals surface area contributed by atoms with Crippen LogP contribution in [0.5, 0.6) is 5.75 Å². The van der Waals surface area contributed by atoms with E-state index in [1.165, 1.54) is 30.8 Å².